The molecule has 0 aromatic carbocycles. The molecule has 0 aliphatic rings. The Hall–Kier alpha value is -1.00. The molecule has 5 heteroatoms. The van der Waals surface area contributed by atoms with Crippen molar-refractivity contribution in [3.8, 4) is 11.4 Å². The van der Waals surface area contributed by atoms with Gasteiger partial charge in [-0.3, -0.25) is 0 Å². The monoisotopic (exact) mass is 228 g/mol. The van der Waals surface area contributed by atoms with Gasteiger partial charge in [-0.05, 0) is 18.4 Å². The standard InChI is InChI=1S/C9H6ClFN2S/c1-5-7(11)8(10)13-9(12-5)6-2-3-14-4-6/h2-4H,1H3. The third-order valence-electron chi connectivity index (χ3n) is 1.76. The Morgan fingerprint density at radius 1 is 1.43 bits per heavy atom. The van der Waals surface area contributed by atoms with Crippen molar-refractivity contribution < 1.29 is 4.39 Å². The number of hydrogen-bond donors (Lipinski definition) is 0. The molecule has 0 fully saturated rings. The summed E-state index contributed by atoms with van der Waals surface area (Å²) in [6.07, 6.45) is 0. The van der Waals surface area contributed by atoms with Crippen molar-refractivity contribution in [3.05, 3.63) is 33.5 Å². The fourth-order valence-electron chi connectivity index (χ4n) is 1.05. The van der Waals surface area contributed by atoms with Crippen molar-refractivity contribution in [3.63, 3.8) is 0 Å². The smallest absolute Gasteiger partial charge is 0.181 e. The van der Waals surface area contributed by atoms with E-state index in [4.69, 9.17) is 11.6 Å². The molecule has 0 saturated carbocycles. The van der Waals surface area contributed by atoms with Gasteiger partial charge in [0.1, 0.15) is 0 Å². The van der Waals surface area contributed by atoms with Crippen LogP contribution in [0.1, 0.15) is 5.69 Å². The quantitative estimate of drug-likeness (QED) is 0.700. The second-order valence-corrected chi connectivity index (χ2v) is 3.89. The first-order valence-electron chi connectivity index (χ1n) is 3.90. The summed E-state index contributed by atoms with van der Waals surface area (Å²) < 4.78 is 13.1. The Kier molecular flexibility index (Phi) is 2.48. The first kappa shape index (κ1) is 9.55. The van der Waals surface area contributed by atoms with Gasteiger partial charge < -0.3 is 0 Å². The molecular weight excluding hydrogens is 223 g/mol. The van der Waals surface area contributed by atoms with Gasteiger partial charge in [-0.1, -0.05) is 11.6 Å². The fraction of sp³-hybridized carbons (Fsp3) is 0.111. The summed E-state index contributed by atoms with van der Waals surface area (Å²) in [5, 5.41) is 3.67. The van der Waals surface area contributed by atoms with Crippen molar-refractivity contribution in [1.29, 1.82) is 0 Å². The van der Waals surface area contributed by atoms with Crippen molar-refractivity contribution in [1.82, 2.24) is 9.97 Å². The highest BCUT2D eigenvalue weighted by Gasteiger charge is 2.10. The highest BCUT2D eigenvalue weighted by molar-refractivity contribution is 7.08. The lowest BCUT2D eigenvalue weighted by atomic mass is 10.3. The van der Waals surface area contributed by atoms with E-state index in [0.29, 0.717) is 5.82 Å². The summed E-state index contributed by atoms with van der Waals surface area (Å²) >= 11 is 7.15. The second kappa shape index (κ2) is 3.63. The fourth-order valence-corrected chi connectivity index (χ4v) is 1.90. The Labute approximate surface area is 89.4 Å². The number of rotatable bonds is 1. The maximum absolute atomic E-state index is 13.1. The van der Waals surface area contributed by atoms with Gasteiger partial charge in [0.2, 0.25) is 0 Å². The second-order valence-electron chi connectivity index (χ2n) is 2.75. The first-order valence-corrected chi connectivity index (χ1v) is 5.23. The summed E-state index contributed by atoms with van der Waals surface area (Å²) in [7, 11) is 0. The summed E-state index contributed by atoms with van der Waals surface area (Å²) in [5.74, 6) is -0.0826. The first-order chi connectivity index (χ1) is 6.68. The zero-order chi connectivity index (χ0) is 10.1. The van der Waals surface area contributed by atoms with Crippen molar-refractivity contribution in [2.24, 2.45) is 0 Å². The van der Waals surface area contributed by atoms with E-state index in [0.717, 1.165) is 5.56 Å². The molecule has 14 heavy (non-hydrogen) atoms. The van der Waals surface area contributed by atoms with Gasteiger partial charge in [0.25, 0.3) is 0 Å². The van der Waals surface area contributed by atoms with Crippen LogP contribution >= 0.6 is 22.9 Å². The molecule has 0 aliphatic carbocycles. The highest BCUT2D eigenvalue weighted by Crippen LogP contribution is 2.22. The van der Waals surface area contributed by atoms with Crippen LogP contribution in [0.3, 0.4) is 0 Å². The van der Waals surface area contributed by atoms with E-state index in [9.17, 15) is 4.39 Å². The van der Waals surface area contributed by atoms with Gasteiger partial charge in [-0.2, -0.15) is 11.3 Å². The molecule has 2 rings (SSSR count). The van der Waals surface area contributed by atoms with Crippen LogP contribution in [0, 0.1) is 12.7 Å². The van der Waals surface area contributed by atoms with E-state index in [1.54, 1.807) is 6.92 Å². The summed E-state index contributed by atoms with van der Waals surface area (Å²) in [4.78, 5) is 7.87. The highest BCUT2D eigenvalue weighted by atomic mass is 35.5. The maximum Gasteiger partial charge on any atom is 0.181 e. The number of halogens is 2. The molecule has 2 aromatic heterocycles. The lowest BCUT2D eigenvalue weighted by molar-refractivity contribution is 0.603. The minimum atomic E-state index is -0.550. The van der Waals surface area contributed by atoms with Crippen LogP contribution in [0.25, 0.3) is 11.4 Å². The number of nitrogens with zero attached hydrogens (tertiary/aromatic N) is 2. The molecule has 0 saturated heterocycles. The van der Waals surface area contributed by atoms with Crippen LogP contribution in [0.2, 0.25) is 5.15 Å². The Morgan fingerprint density at radius 3 is 2.79 bits per heavy atom. The Morgan fingerprint density at radius 2 is 2.21 bits per heavy atom. The summed E-state index contributed by atoms with van der Waals surface area (Å²) in [5.41, 5.74) is 1.13. The summed E-state index contributed by atoms with van der Waals surface area (Å²) in [6.45, 7) is 1.57. The zero-order valence-electron chi connectivity index (χ0n) is 7.29. The molecule has 0 bridgehead atoms. The number of thiophene rings is 1. The molecular formula is C9H6ClFN2S. The molecule has 0 aliphatic heterocycles. The molecule has 0 unspecified atom stereocenters. The van der Waals surface area contributed by atoms with Gasteiger partial charge in [0.05, 0.1) is 5.69 Å². The van der Waals surface area contributed by atoms with E-state index in [1.165, 1.54) is 11.3 Å². The van der Waals surface area contributed by atoms with E-state index in [-0.39, 0.29) is 10.8 Å². The van der Waals surface area contributed by atoms with Crippen LogP contribution in [0.5, 0.6) is 0 Å². The van der Waals surface area contributed by atoms with Crippen LogP contribution in [0.4, 0.5) is 4.39 Å². The van der Waals surface area contributed by atoms with Crippen LogP contribution in [0.15, 0.2) is 16.8 Å². The van der Waals surface area contributed by atoms with E-state index >= 15 is 0 Å². The average molecular weight is 229 g/mol. The van der Waals surface area contributed by atoms with Crippen molar-refractivity contribution >= 4 is 22.9 Å². The minimum Gasteiger partial charge on any atom is -0.230 e. The largest absolute Gasteiger partial charge is 0.230 e. The zero-order valence-corrected chi connectivity index (χ0v) is 8.86. The Bertz CT molecular complexity index is 433. The van der Waals surface area contributed by atoms with Gasteiger partial charge in [0.15, 0.2) is 16.8 Å². The van der Waals surface area contributed by atoms with Crippen LogP contribution in [-0.4, -0.2) is 9.97 Å². The van der Waals surface area contributed by atoms with Crippen molar-refractivity contribution in [2.45, 2.75) is 6.92 Å². The average Bonchev–Trinajstić information content (AvgIpc) is 2.66. The molecule has 0 radical (unpaired) electrons. The third kappa shape index (κ3) is 1.63. The SMILES string of the molecule is Cc1nc(-c2ccsc2)nc(Cl)c1F. The molecule has 0 N–H and O–H groups in total. The van der Waals surface area contributed by atoms with Crippen LogP contribution in [-0.2, 0) is 0 Å². The van der Waals surface area contributed by atoms with Crippen LogP contribution < -0.4 is 0 Å². The van der Waals surface area contributed by atoms with E-state index in [1.807, 2.05) is 16.8 Å². The number of aryl methyl sites for hydroxylation is 1. The number of hydrogen-bond acceptors (Lipinski definition) is 3. The van der Waals surface area contributed by atoms with Gasteiger partial charge in [-0.25, -0.2) is 14.4 Å². The lowest BCUT2D eigenvalue weighted by Crippen LogP contribution is -1.96. The molecule has 0 spiro atoms. The normalized spacial score (nSPS) is 10.5. The lowest BCUT2D eigenvalue weighted by Gasteiger charge is -2.01. The minimum absolute atomic E-state index is 0.126. The topological polar surface area (TPSA) is 25.8 Å². The van der Waals surface area contributed by atoms with Gasteiger partial charge in [-0.15, -0.1) is 0 Å². The molecule has 72 valence electrons. The Balaban J connectivity index is 2.57. The van der Waals surface area contributed by atoms with Gasteiger partial charge >= 0.3 is 0 Å². The van der Waals surface area contributed by atoms with Crippen molar-refractivity contribution in [2.75, 3.05) is 0 Å². The third-order valence-corrected chi connectivity index (χ3v) is 2.69. The van der Waals surface area contributed by atoms with Gasteiger partial charge in [0, 0.05) is 10.9 Å². The molecule has 0 amide bonds. The van der Waals surface area contributed by atoms with E-state index in [2.05, 4.69) is 9.97 Å². The predicted molar refractivity (Wildman–Crippen MR) is 55.1 cm³/mol. The van der Waals surface area contributed by atoms with E-state index < -0.39 is 5.82 Å². The summed E-state index contributed by atoms with van der Waals surface area (Å²) in [6, 6.07) is 1.87. The maximum atomic E-state index is 13.1. The molecule has 2 nitrogen and oxygen atoms in total. The molecule has 0 atom stereocenters. The molecule has 2 heterocycles. The number of aromatic nitrogens is 2. The molecule has 2 aromatic rings. The predicted octanol–water partition coefficient (Wildman–Crippen LogP) is 3.31.